The van der Waals surface area contributed by atoms with Crippen LogP contribution < -0.4 is 11.1 Å². The highest BCUT2D eigenvalue weighted by atomic mass is 17.2. The van der Waals surface area contributed by atoms with Crippen molar-refractivity contribution < 1.29 is 14.9 Å². The summed E-state index contributed by atoms with van der Waals surface area (Å²) < 4.78 is 0. The molecule has 0 aliphatic rings. The van der Waals surface area contributed by atoms with Crippen molar-refractivity contribution in [3.05, 3.63) is 6.92 Å². The number of guanidine groups is 1. The summed E-state index contributed by atoms with van der Waals surface area (Å²) in [5.41, 5.74) is 5.49. The van der Waals surface area contributed by atoms with E-state index in [1.165, 1.54) is 7.11 Å². The molecule has 15 heavy (non-hydrogen) atoms. The zero-order valence-electron chi connectivity index (χ0n) is 8.98. The molecule has 0 saturated heterocycles. The highest BCUT2D eigenvalue weighted by Gasteiger charge is 1.99. The summed E-state index contributed by atoms with van der Waals surface area (Å²) in [6, 6.07) is 0. The molecule has 0 aromatic heterocycles. The number of nitrogens with one attached hydrogen (secondary N) is 1. The molecular formula is C9H19N3O3. The molecule has 4 N–H and O–H groups in total. The molecule has 0 rings (SSSR count). The monoisotopic (exact) mass is 217 g/mol. The molecule has 0 aromatic carbocycles. The van der Waals surface area contributed by atoms with Gasteiger partial charge in [-0.1, -0.05) is 0 Å². The third-order valence-electron chi connectivity index (χ3n) is 1.70. The molecular weight excluding hydrogens is 198 g/mol. The second-order valence-electron chi connectivity index (χ2n) is 2.97. The zero-order valence-corrected chi connectivity index (χ0v) is 8.98. The molecule has 0 spiro atoms. The van der Waals surface area contributed by atoms with E-state index >= 15 is 0 Å². The molecule has 6 heteroatoms. The minimum Gasteiger partial charge on any atom is -0.396 e. The fourth-order valence-corrected chi connectivity index (χ4v) is 0.876. The minimum atomic E-state index is -0.165. The molecule has 0 heterocycles. The van der Waals surface area contributed by atoms with Crippen LogP contribution in [0.4, 0.5) is 0 Å². The van der Waals surface area contributed by atoms with Gasteiger partial charge < -0.3 is 16.2 Å². The molecule has 0 saturated carbocycles. The van der Waals surface area contributed by atoms with E-state index in [9.17, 15) is 0 Å². The molecule has 0 amide bonds. The first kappa shape index (κ1) is 14.2. The Bertz CT molecular complexity index is 176. The molecule has 0 fully saturated rings. The van der Waals surface area contributed by atoms with Crippen molar-refractivity contribution in [1.82, 2.24) is 5.32 Å². The summed E-state index contributed by atoms with van der Waals surface area (Å²) in [7, 11) is 1.40. The van der Waals surface area contributed by atoms with Crippen LogP contribution in [-0.4, -0.2) is 38.1 Å². The van der Waals surface area contributed by atoms with E-state index in [2.05, 4.69) is 20.1 Å². The van der Waals surface area contributed by atoms with E-state index in [-0.39, 0.29) is 19.3 Å². The largest absolute Gasteiger partial charge is 0.396 e. The number of hydrogen-bond donors (Lipinski definition) is 3. The van der Waals surface area contributed by atoms with Gasteiger partial charge >= 0.3 is 0 Å². The van der Waals surface area contributed by atoms with E-state index < -0.39 is 0 Å². The van der Waals surface area contributed by atoms with Crippen molar-refractivity contribution in [3.63, 3.8) is 0 Å². The van der Waals surface area contributed by atoms with E-state index in [4.69, 9.17) is 17.8 Å². The van der Waals surface area contributed by atoms with Crippen LogP contribution in [0.25, 0.3) is 0 Å². The lowest BCUT2D eigenvalue weighted by Gasteiger charge is -2.08. The van der Waals surface area contributed by atoms with Gasteiger partial charge in [-0.2, -0.15) is 0 Å². The van der Waals surface area contributed by atoms with Crippen LogP contribution in [0, 0.1) is 12.8 Å². The lowest BCUT2D eigenvalue weighted by atomic mass is 10.1. The predicted molar refractivity (Wildman–Crippen MR) is 56.7 cm³/mol. The van der Waals surface area contributed by atoms with Gasteiger partial charge in [0.15, 0.2) is 12.7 Å². The summed E-state index contributed by atoms with van der Waals surface area (Å²) in [4.78, 5) is 12.6. The Labute approximate surface area is 90.4 Å². The van der Waals surface area contributed by atoms with Crippen LogP contribution >= 0.6 is 0 Å². The molecule has 0 aromatic rings. The average molecular weight is 217 g/mol. The Kier molecular flexibility index (Phi) is 9.15. The van der Waals surface area contributed by atoms with Crippen molar-refractivity contribution in [2.75, 3.05) is 27.0 Å². The topological polar surface area (TPSA) is 89.1 Å². The second kappa shape index (κ2) is 9.70. The Morgan fingerprint density at radius 1 is 1.67 bits per heavy atom. The zero-order chi connectivity index (χ0) is 11.5. The second-order valence-corrected chi connectivity index (χ2v) is 2.97. The van der Waals surface area contributed by atoms with Crippen molar-refractivity contribution in [2.24, 2.45) is 16.6 Å². The molecule has 1 unspecified atom stereocenters. The summed E-state index contributed by atoms with van der Waals surface area (Å²) in [5, 5.41) is 11.5. The maximum absolute atomic E-state index is 8.66. The van der Waals surface area contributed by atoms with Crippen LogP contribution in [-0.2, 0) is 9.78 Å². The number of aliphatic imine (C=N–C) groups is 1. The molecule has 6 nitrogen and oxygen atoms in total. The van der Waals surface area contributed by atoms with Crippen LogP contribution in [0.15, 0.2) is 4.99 Å². The Balaban J connectivity index is 3.37. The Morgan fingerprint density at radius 3 is 3.00 bits per heavy atom. The minimum absolute atomic E-state index is 0.00521. The van der Waals surface area contributed by atoms with Crippen LogP contribution in [0.2, 0.25) is 0 Å². The maximum atomic E-state index is 8.66. The Hall–Kier alpha value is -0.850. The normalized spacial score (nSPS) is 13.9. The lowest BCUT2D eigenvalue weighted by Crippen LogP contribution is -2.32. The van der Waals surface area contributed by atoms with Gasteiger partial charge in [-0.15, -0.1) is 0 Å². The van der Waals surface area contributed by atoms with Crippen LogP contribution in [0.3, 0.4) is 0 Å². The summed E-state index contributed by atoms with van der Waals surface area (Å²) in [6.07, 6.45) is 1.56. The van der Waals surface area contributed by atoms with E-state index in [1.807, 2.05) is 0 Å². The molecule has 88 valence electrons. The fraction of sp³-hybridized carbons (Fsp3) is 0.778. The van der Waals surface area contributed by atoms with E-state index in [1.54, 1.807) is 0 Å². The standard InChI is InChI=1S/C9H19N3O3/c1-8(6-13)4-3-5-11-9(10)12-7-15-14-2/h1,8,13H,3-7H2,2H3,(H3,10,11,12). The highest BCUT2D eigenvalue weighted by molar-refractivity contribution is 5.77. The van der Waals surface area contributed by atoms with Crippen LogP contribution in [0.1, 0.15) is 12.8 Å². The van der Waals surface area contributed by atoms with Gasteiger partial charge in [-0.3, -0.25) is 0 Å². The molecule has 2 radical (unpaired) electrons. The van der Waals surface area contributed by atoms with Crippen molar-refractivity contribution in [2.45, 2.75) is 12.8 Å². The Morgan fingerprint density at radius 2 is 2.40 bits per heavy atom. The number of aliphatic hydroxyl groups is 1. The lowest BCUT2D eigenvalue weighted by molar-refractivity contribution is -0.270. The number of nitrogens with zero attached hydrogens (tertiary/aromatic N) is 1. The number of rotatable bonds is 8. The smallest absolute Gasteiger partial charge is 0.191 e. The SMILES string of the molecule is [CH]C(CO)CCCN/C(N)=N/COOC. The summed E-state index contributed by atoms with van der Waals surface area (Å²) in [5.74, 6) is 0.131. The number of nitrogens with two attached hydrogens (primary N) is 1. The van der Waals surface area contributed by atoms with Gasteiger partial charge in [-0.05, 0) is 25.7 Å². The molecule has 0 bridgehead atoms. The first-order valence-electron chi connectivity index (χ1n) is 4.76. The van der Waals surface area contributed by atoms with Crippen LogP contribution in [0.5, 0.6) is 0 Å². The van der Waals surface area contributed by atoms with Gasteiger partial charge in [0.1, 0.15) is 0 Å². The van der Waals surface area contributed by atoms with E-state index in [0.29, 0.717) is 12.5 Å². The van der Waals surface area contributed by atoms with Gasteiger partial charge in [-0.25, -0.2) is 14.8 Å². The van der Waals surface area contributed by atoms with Crippen molar-refractivity contribution >= 4 is 5.96 Å². The quantitative estimate of drug-likeness (QED) is 0.168. The third-order valence-corrected chi connectivity index (χ3v) is 1.70. The molecule has 0 aliphatic heterocycles. The van der Waals surface area contributed by atoms with Gasteiger partial charge in [0.05, 0.1) is 7.11 Å². The third kappa shape index (κ3) is 9.45. The fourth-order valence-electron chi connectivity index (χ4n) is 0.876. The predicted octanol–water partition coefficient (Wildman–Crippen LogP) is -0.474. The highest BCUT2D eigenvalue weighted by Crippen LogP contribution is 2.01. The molecule has 0 aliphatic carbocycles. The van der Waals surface area contributed by atoms with Crippen molar-refractivity contribution in [1.29, 1.82) is 0 Å². The molecule has 1 atom stereocenters. The van der Waals surface area contributed by atoms with Gasteiger partial charge in [0, 0.05) is 13.2 Å². The summed E-state index contributed by atoms with van der Waals surface area (Å²) in [6.45, 7) is 6.24. The first-order chi connectivity index (χ1) is 7.20. The maximum Gasteiger partial charge on any atom is 0.191 e. The van der Waals surface area contributed by atoms with Gasteiger partial charge in [0.2, 0.25) is 0 Å². The average Bonchev–Trinajstić information content (AvgIpc) is 2.24. The summed E-state index contributed by atoms with van der Waals surface area (Å²) >= 11 is 0. The van der Waals surface area contributed by atoms with Gasteiger partial charge in [0.25, 0.3) is 0 Å². The first-order valence-corrected chi connectivity index (χ1v) is 4.76. The van der Waals surface area contributed by atoms with Crippen molar-refractivity contribution in [3.8, 4) is 0 Å². The number of hydrogen-bond acceptors (Lipinski definition) is 4. The van der Waals surface area contributed by atoms with E-state index in [0.717, 1.165) is 12.8 Å². The number of aliphatic hydroxyl groups excluding tert-OH is 1.